The molecule has 318 valence electrons. The van der Waals surface area contributed by atoms with Gasteiger partial charge in [-0.15, -0.1) is 0 Å². The van der Waals surface area contributed by atoms with Crippen LogP contribution in [0, 0.1) is 59.2 Å². The number of hydrogen-bond acceptors (Lipinski definition) is 6. The maximum atomic E-state index is 6.56. The molecule has 0 aromatic heterocycles. The first-order chi connectivity index (χ1) is 27.9. The maximum absolute atomic E-state index is 6.56. The molecule has 0 fully saturated rings. The zero-order valence-corrected chi connectivity index (χ0v) is 38.0. The summed E-state index contributed by atoms with van der Waals surface area (Å²) in [5, 5.41) is 0. The van der Waals surface area contributed by atoms with Crippen molar-refractivity contribution < 1.29 is 28.4 Å². The lowest BCUT2D eigenvalue weighted by molar-refractivity contribution is 0.249. The van der Waals surface area contributed by atoms with Gasteiger partial charge >= 0.3 is 0 Å². The molecule has 0 aliphatic rings. The quantitative estimate of drug-likeness (QED) is 0.0842. The van der Waals surface area contributed by atoms with Crippen LogP contribution in [0.25, 0.3) is 0 Å². The zero-order chi connectivity index (χ0) is 42.5. The van der Waals surface area contributed by atoms with Crippen molar-refractivity contribution in [2.24, 2.45) is 35.5 Å². The number of hydrogen-bond donors (Lipinski definition) is 0. The Hall–Kier alpha value is -4.42. The summed E-state index contributed by atoms with van der Waals surface area (Å²) in [6.07, 6.45) is 6.17. The van der Waals surface area contributed by atoms with Gasteiger partial charge in [0.2, 0.25) is 0 Å². The molecule has 0 aliphatic carbocycles. The highest BCUT2D eigenvalue weighted by Gasteiger charge is 2.15. The fourth-order valence-electron chi connectivity index (χ4n) is 5.02. The lowest BCUT2D eigenvalue weighted by Crippen LogP contribution is -2.10. The van der Waals surface area contributed by atoms with Crippen molar-refractivity contribution in [3.8, 4) is 58.2 Å². The lowest BCUT2D eigenvalue weighted by atomic mass is 10.1. The fraction of sp³-hybridized carbons (Fsp3) is 0.577. The monoisotopic (exact) mass is 795 g/mol. The van der Waals surface area contributed by atoms with Crippen LogP contribution in [0.15, 0.2) is 48.5 Å². The molecule has 6 heteroatoms. The highest BCUT2D eigenvalue weighted by molar-refractivity contribution is 5.62. The first kappa shape index (κ1) is 48.0. The molecule has 0 radical (unpaired) electrons. The van der Waals surface area contributed by atoms with Gasteiger partial charge in [0.15, 0.2) is 0 Å². The minimum Gasteiger partial charge on any atom is -0.493 e. The highest BCUT2D eigenvalue weighted by atomic mass is 16.5. The third-order valence-electron chi connectivity index (χ3n) is 11.0. The molecule has 0 aliphatic heterocycles. The van der Waals surface area contributed by atoms with Crippen LogP contribution in [-0.4, -0.2) is 39.6 Å². The van der Waals surface area contributed by atoms with E-state index in [1.165, 1.54) is 0 Å². The molecule has 0 heterocycles. The molecule has 0 amide bonds. The van der Waals surface area contributed by atoms with Crippen molar-refractivity contribution in [2.45, 2.75) is 122 Å². The average molecular weight is 795 g/mol. The summed E-state index contributed by atoms with van der Waals surface area (Å²) < 4.78 is 38.2. The predicted octanol–water partition coefficient (Wildman–Crippen LogP) is 13.0. The standard InChI is InChI=1S/C52H74O6/c1-13-37(7)31-53-47-23-25-49(55-33-39(9)15-3)43(27-47)19-21-45-29-52(58-36-42(12)18-6)46(30-51(45)57-35-41(11)17-5)22-20-44-28-48(54-32-38(8)14-2)24-26-50(44)56-34-40(10)16-4/h23-30,37-42H,13-18,31-36H2,1-12H3/t37-,38-,39-,40-,41-,42-/m0/s1. The predicted molar refractivity (Wildman–Crippen MR) is 241 cm³/mol. The van der Waals surface area contributed by atoms with Gasteiger partial charge in [0.25, 0.3) is 0 Å². The van der Waals surface area contributed by atoms with E-state index in [-0.39, 0.29) is 0 Å². The molecule has 0 bridgehead atoms. The van der Waals surface area contributed by atoms with E-state index in [4.69, 9.17) is 28.4 Å². The number of rotatable bonds is 24. The molecule has 58 heavy (non-hydrogen) atoms. The molecule has 3 aromatic rings. The molecule has 3 aromatic carbocycles. The van der Waals surface area contributed by atoms with Crippen molar-refractivity contribution in [1.29, 1.82) is 0 Å². The normalized spacial score (nSPS) is 14.0. The van der Waals surface area contributed by atoms with Gasteiger partial charge in [-0.05, 0) is 71.9 Å². The molecule has 3 rings (SSSR count). The van der Waals surface area contributed by atoms with Crippen LogP contribution in [0.2, 0.25) is 0 Å². The minimum absolute atomic E-state index is 0.361. The average Bonchev–Trinajstić information content (AvgIpc) is 3.25. The summed E-state index contributed by atoms with van der Waals surface area (Å²) in [6, 6.07) is 15.9. The van der Waals surface area contributed by atoms with Crippen LogP contribution in [0.3, 0.4) is 0 Å². The van der Waals surface area contributed by atoms with E-state index in [1.54, 1.807) is 0 Å². The summed E-state index contributed by atoms with van der Waals surface area (Å²) in [7, 11) is 0. The van der Waals surface area contributed by atoms with Crippen LogP contribution in [0.4, 0.5) is 0 Å². The zero-order valence-electron chi connectivity index (χ0n) is 38.0. The molecule has 0 unspecified atom stereocenters. The van der Waals surface area contributed by atoms with Crippen LogP contribution in [0.1, 0.15) is 144 Å². The van der Waals surface area contributed by atoms with Gasteiger partial charge in [0.05, 0.1) is 61.9 Å². The van der Waals surface area contributed by atoms with Crippen molar-refractivity contribution in [3.05, 3.63) is 70.8 Å². The van der Waals surface area contributed by atoms with Crippen molar-refractivity contribution in [3.63, 3.8) is 0 Å². The van der Waals surface area contributed by atoms with E-state index in [0.717, 1.165) is 83.8 Å². The Kier molecular flexibility index (Phi) is 21.4. The third-order valence-corrected chi connectivity index (χ3v) is 11.0. The summed E-state index contributed by atoms with van der Waals surface area (Å²) in [5.74, 6) is 20.6. The van der Waals surface area contributed by atoms with Gasteiger partial charge in [-0.3, -0.25) is 0 Å². The Balaban J connectivity index is 2.21. The topological polar surface area (TPSA) is 55.4 Å². The summed E-state index contributed by atoms with van der Waals surface area (Å²) >= 11 is 0. The molecular weight excluding hydrogens is 721 g/mol. The number of benzene rings is 3. The Bertz CT molecular complexity index is 1660. The molecule has 6 nitrogen and oxygen atoms in total. The van der Waals surface area contributed by atoms with Gasteiger partial charge < -0.3 is 28.4 Å². The number of ether oxygens (including phenoxy) is 6. The second kappa shape index (κ2) is 25.8. The van der Waals surface area contributed by atoms with Gasteiger partial charge in [-0.1, -0.05) is 145 Å². The molecule has 0 saturated carbocycles. The molecule has 0 N–H and O–H groups in total. The largest absolute Gasteiger partial charge is 0.493 e. The molecule has 0 saturated heterocycles. The lowest BCUT2D eigenvalue weighted by Gasteiger charge is -2.17. The van der Waals surface area contributed by atoms with E-state index in [1.807, 2.05) is 48.5 Å². The second-order valence-corrected chi connectivity index (χ2v) is 16.6. The SMILES string of the molecule is CC[C@H](C)COc1ccc(OC[C@@H](C)CC)c(C#Cc2cc(OC[C@@H](C)CC)c(C#Cc3cc(OC[C@@H](C)CC)ccc3OC[C@@H](C)CC)cc2OC[C@@H](C)CC)c1. The summed E-state index contributed by atoms with van der Waals surface area (Å²) in [5.41, 5.74) is 2.99. The highest BCUT2D eigenvalue weighted by Crippen LogP contribution is 2.32. The molecule has 0 spiro atoms. The van der Waals surface area contributed by atoms with Crippen molar-refractivity contribution in [1.82, 2.24) is 0 Å². The van der Waals surface area contributed by atoms with Gasteiger partial charge in [0, 0.05) is 12.1 Å². The van der Waals surface area contributed by atoms with Gasteiger partial charge in [0.1, 0.15) is 34.5 Å². The van der Waals surface area contributed by atoms with E-state index in [2.05, 4.69) is 107 Å². The van der Waals surface area contributed by atoms with E-state index < -0.39 is 0 Å². The summed E-state index contributed by atoms with van der Waals surface area (Å²) in [6.45, 7) is 29.8. The molecular formula is C52H74O6. The Morgan fingerprint density at radius 1 is 0.328 bits per heavy atom. The fourth-order valence-corrected chi connectivity index (χ4v) is 5.02. The van der Waals surface area contributed by atoms with E-state index in [9.17, 15) is 0 Å². The Morgan fingerprint density at radius 2 is 0.569 bits per heavy atom. The summed E-state index contributed by atoms with van der Waals surface area (Å²) in [4.78, 5) is 0. The minimum atomic E-state index is 0.361. The smallest absolute Gasteiger partial charge is 0.136 e. The first-order valence-corrected chi connectivity index (χ1v) is 22.2. The van der Waals surface area contributed by atoms with Crippen molar-refractivity contribution >= 4 is 0 Å². The Labute approximate surface area is 353 Å². The van der Waals surface area contributed by atoms with E-state index >= 15 is 0 Å². The van der Waals surface area contributed by atoms with Crippen LogP contribution in [-0.2, 0) is 0 Å². The van der Waals surface area contributed by atoms with Gasteiger partial charge in [-0.25, -0.2) is 0 Å². The van der Waals surface area contributed by atoms with Crippen LogP contribution < -0.4 is 28.4 Å². The van der Waals surface area contributed by atoms with Crippen LogP contribution >= 0.6 is 0 Å². The third kappa shape index (κ3) is 16.4. The van der Waals surface area contributed by atoms with E-state index in [0.29, 0.717) is 86.6 Å². The van der Waals surface area contributed by atoms with Crippen molar-refractivity contribution in [2.75, 3.05) is 39.6 Å². The first-order valence-electron chi connectivity index (χ1n) is 22.2. The van der Waals surface area contributed by atoms with Crippen LogP contribution in [0.5, 0.6) is 34.5 Å². The second-order valence-electron chi connectivity index (χ2n) is 16.6. The van der Waals surface area contributed by atoms with Gasteiger partial charge in [-0.2, -0.15) is 0 Å². The Morgan fingerprint density at radius 3 is 0.845 bits per heavy atom. The maximum Gasteiger partial charge on any atom is 0.136 e. The molecule has 6 atom stereocenters.